The fraction of sp³-hybridized carbons (Fsp3) is 0.0769. The standard InChI is InChI=1S/C13H12ClN3O2/c14-12-11(7-4-8-15-12)17-13(18)16-9-19-10-5-2-1-3-6-10/h1-8H,9H2,(H2,16,17,18). The van der Waals surface area contributed by atoms with Crippen LogP contribution in [0.1, 0.15) is 0 Å². The molecule has 1 heterocycles. The van der Waals surface area contributed by atoms with E-state index in [-0.39, 0.29) is 11.9 Å². The van der Waals surface area contributed by atoms with Crippen molar-refractivity contribution >= 4 is 23.3 Å². The van der Waals surface area contributed by atoms with Crippen LogP contribution in [0.5, 0.6) is 5.75 Å². The monoisotopic (exact) mass is 277 g/mol. The topological polar surface area (TPSA) is 63.2 Å². The molecule has 5 nitrogen and oxygen atoms in total. The third-order valence-electron chi connectivity index (χ3n) is 2.22. The van der Waals surface area contributed by atoms with Crippen LogP contribution in [0, 0.1) is 0 Å². The summed E-state index contributed by atoms with van der Waals surface area (Å²) < 4.78 is 5.32. The molecule has 0 aliphatic rings. The SMILES string of the molecule is O=C(NCOc1ccccc1)Nc1cccnc1Cl. The zero-order valence-electron chi connectivity index (χ0n) is 9.97. The van der Waals surface area contributed by atoms with Crippen LogP contribution in [0.15, 0.2) is 48.7 Å². The first-order chi connectivity index (χ1) is 9.25. The highest BCUT2D eigenvalue weighted by Crippen LogP contribution is 2.16. The van der Waals surface area contributed by atoms with Crippen LogP contribution in [0.2, 0.25) is 5.15 Å². The van der Waals surface area contributed by atoms with Crippen molar-refractivity contribution in [3.8, 4) is 5.75 Å². The van der Waals surface area contributed by atoms with Crippen molar-refractivity contribution in [2.24, 2.45) is 0 Å². The Hall–Kier alpha value is -2.27. The number of hydrogen-bond donors (Lipinski definition) is 2. The molecule has 6 heteroatoms. The molecule has 0 saturated heterocycles. The molecule has 2 rings (SSSR count). The highest BCUT2D eigenvalue weighted by Gasteiger charge is 2.04. The number of para-hydroxylation sites is 1. The number of anilines is 1. The lowest BCUT2D eigenvalue weighted by atomic mass is 10.3. The van der Waals surface area contributed by atoms with Gasteiger partial charge in [-0.25, -0.2) is 9.78 Å². The molecule has 0 unspecified atom stereocenters. The zero-order valence-corrected chi connectivity index (χ0v) is 10.7. The number of nitrogens with zero attached hydrogens (tertiary/aromatic N) is 1. The second kappa shape index (κ2) is 6.61. The summed E-state index contributed by atoms with van der Waals surface area (Å²) in [5, 5.41) is 5.36. The van der Waals surface area contributed by atoms with Gasteiger partial charge >= 0.3 is 6.03 Å². The summed E-state index contributed by atoms with van der Waals surface area (Å²) in [6, 6.07) is 12.1. The Kier molecular flexibility index (Phi) is 4.58. The van der Waals surface area contributed by atoms with E-state index in [1.165, 1.54) is 0 Å². The van der Waals surface area contributed by atoms with Gasteiger partial charge in [0, 0.05) is 6.20 Å². The minimum absolute atomic E-state index is 0.0632. The predicted molar refractivity (Wildman–Crippen MR) is 73.3 cm³/mol. The molecule has 1 aromatic heterocycles. The maximum absolute atomic E-state index is 11.6. The molecule has 0 fully saturated rings. The van der Waals surface area contributed by atoms with E-state index in [1.54, 1.807) is 30.5 Å². The molecule has 0 spiro atoms. The molecule has 1 aromatic carbocycles. The average Bonchev–Trinajstić information content (AvgIpc) is 2.43. The maximum Gasteiger partial charge on any atom is 0.321 e. The van der Waals surface area contributed by atoms with E-state index in [4.69, 9.17) is 16.3 Å². The van der Waals surface area contributed by atoms with E-state index in [1.807, 2.05) is 18.2 Å². The number of rotatable bonds is 4. The van der Waals surface area contributed by atoms with E-state index < -0.39 is 6.03 Å². The van der Waals surface area contributed by atoms with Crippen LogP contribution in [-0.2, 0) is 0 Å². The van der Waals surface area contributed by atoms with Crippen LogP contribution < -0.4 is 15.4 Å². The average molecular weight is 278 g/mol. The van der Waals surface area contributed by atoms with Crippen molar-refractivity contribution in [2.45, 2.75) is 0 Å². The molecule has 0 saturated carbocycles. The Morgan fingerprint density at radius 3 is 2.74 bits per heavy atom. The fourth-order valence-corrected chi connectivity index (χ4v) is 1.51. The minimum atomic E-state index is -0.411. The number of benzene rings is 1. The van der Waals surface area contributed by atoms with E-state index >= 15 is 0 Å². The van der Waals surface area contributed by atoms with Gasteiger partial charge < -0.3 is 15.4 Å². The number of aromatic nitrogens is 1. The van der Waals surface area contributed by atoms with Gasteiger partial charge in [-0.3, -0.25) is 0 Å². The van der Waals surface area contributed by atoms with Crippen molar-refractivity contribution in [3.63, 3.8) is 0 Å². The third-order valence-corrected chi connectivity index (χ3v) is 2.52. The molecule has 0 atom stereocenters. The summed E-state index contributed by atoms with van der Waals surface area (Å²) in [6.45, 7) is 0.0632. The van der Waals surface area contributed by atoms with Gasteiger partial charge in [-0.2, -0.15) is 0 Å². The Morgan fingerprint density at radius 2 is 2.00 bits per heavy atom. The van der Waals surface area contributed by atoms with Gasteiger partial charge in [0.05, 0.1) is 5.69 Å². The second-order valence-electron chi connectivity index (χ2n) is 3.57. The number of nitrogens with one attached hydrogen (secondary N) is 2. The van der Waals surface area contributed by atoms with Crippen LogP contribution >= 0.6 is 11.6 Å². The highest BCUT2D eigenvalue weighted by molar-refractivity contribution is 6.32. The number of ether oxygens (including phenoxy) is 1. The molecular weight excluding hydrogens is 266 g/mol. The van der Waals surface area contributed by atoms with Gasteiger partial charge in [0.2, 0.25) is 0 Å². The number of carbonyl (C=O) groups is 1. The summed E-state index contributed by atoms with van der Waals surface area (Å²) in [6.07, 6.45) is 1.55. The third kappa shape index (κ3) is 4.15. The summed E-state index contributed by atoms with van der Waals surface area (Å²) in [5.74, 6) is 0.683. The minimum Gasteiger partial charge on any atom is -0.473 e. The quantitative estimate of drug-likeness (QED) is 0.667. The smallest absolute Gasteiger partial charge is 0.321 e. The van der Waals surface area contributed by atoms with Gasteiger partial charge in [0.25, 0.3) is 0 Å². The first kappa shape index (κ1) is 13.2. The van der Waals surface area contributed by atoms with E-state index in [2.05, 4.69) is 15.6 Å². The lowest BCUT2D eigenvalue weighted by Gasteiger charge is -2.09. The molecule has 19 heavy (non-hydrogen) atoms. The number of hydrogen-bond acceptors (Lipinski definition) is 3. The second-order valence-corrected chi connectivity index (χ2v) is 3.93. The fourth-order valence-electron chi connectivity index (χ4n) is 1.35. The molecule has 2 amide bonds. The summed E-state index contributed by atoms with van der Waals surface area (Å²) in [7, 11) is 0. The lowest BCUT2D eigenvalue weighted by Crippen LogP contribution is -2.32. The lowest BCUT2D eigenvalue weighted by molar-refractivity contribution is 0.234. The van der Waals surface area contributed by atoms with Crippen molar-refractivity contribution < 1.29 is 9.53 Å². The van der Waals surface area contributed by atoms with Gasteiger partial charge in [0.1, 0.15) is 5.75 Å². The van der Waals surface area contributed by atoms with E-state index in [0.717, 1.165) is 0 Å². The number of pyridine rings is 1. The van der Waals surface area contributed by atoms with Gasteiger partial charge in [-0.15, -0.1) is 0 Å². The molecular formula is C13H12ClN3O2. The van der Waals surface area contributed by atoms with Crippen molar-refractivity contribution in [2.75, 3.05) is 12.0 Å². The van der Waals surface area contributed by atoms with Crippen LogP contribution in [0.3, 0.4) is 0 Å². The van der Waals surface area contributed by atoms with Crippen LogP contribution in [0.4, 0.5) is 10.5 Å². The van der Waals surface area contributed by atoms with E-state index in [9.17, 15) is 4.79 Å². The molecule has 98 valence electrons. The molecule has 2 aromatic rings. The molecule has 0 radical (unpaired) electrons. The van der Waals surface area contributed by atoms with Crippen molar-refractivity contribution in [1.82, 2.24) is 10.3 Å². The Morgan fingerprint density at radius 1 is 1.21 bits per heavy atom. The zero-order chi connectivity index (χ0) is 13.5. The van der Waals surface area contributed by atoms with Crippen molar-refractivity contribution in [3.05, 3.63) is 53.8 Å². The largest absolute Gasteiger partial charge is 0.473 e. The van der Waals surface area contributed by atoms with Crippen molar-refractivity contribution in [1.29, 1.82) is 0 Å². The van der Waals surface area contributed by atoms with Crippen LogP contribution in [0.25, 0.3) is 0 Å². The molecule has 0 aliphatic heterocycles. The maximum atomic E-state index is 11.6. The van der Waals surface area contributed by atoms with Gasteiger partial charge in [-0.1, -0.05) is 29.8 Å². The number of halogens is 1. The van der Waals surface area contributed by atoms with Crippen LogP contribution in [-0.4, -0.2) is 17.7 Å². The summed E-state index contributed by atoms with van der Waals surface area (Å²) in [4.78, 5) is 15.4. The Labute approximate surface area is 115 Å². The van der Waals surface area contributed by atoms with Gasteiger partial charge in [0.15, 0.2) is 11.9 Å². The first-order valence-corrected chi connectivity index (χ1v) is 5.97. The molecule has 2 N–H and O–H groups in total. The Balaban J connectivity index is 1.78. The number of amides is 2. The highest BCUT2D eigenvalue weighted by atomic mass is 35.5. The first-order valence-electron chi connectivity index (χ1n) is 5.59. The predicted octanol–water partition coefficient (Wildman–Crippen LogP) is 2.89. The molecule has 0 aliphatic carbocycles. The molecule has 0 bridgehead atoms. The van der Waals surface area contributed by atoms with E-state index in [0.29, 0.717) is 11.4 Å². The Bertz CT molecular complexity index is 549. The summed E-state index contributed by atoms with van der Waals surface area (Å²) >= 11 is 5.81. The normalized spacial score (nSPS) is 9.74. The number of urea groups is 1. The number of carbonyl (C=O) groups excluding carboxylic acids is 1. The van der Waals surface area contributed by atoms with Gasteiger partial charge in [-0.05, 0) is 24.3 Å². The summed E-state index contributed by atoms with van der Waals surface area (Å²) in [5.41, 5.74) is 0.446.